The van der Waals surface area contributed by atoms with Crippen LogP contribution in [0.4, 0.5) is 5.13 Å². The molecule has 1 amide bonds. The number of carbonyl (C=O) groups is 1. The SMILES string of the molecule is O=C(CCN1CCN(c2nc3ccccc3s2)CC1)N1CCCCC1. The molecule has 0 radical (unpaired) electrons. The molecule has 2 aliphatic rings. The van der Waals surface area contributed by atoms with Crippen LogP contribution in [0, 0.1) is 0 Å². The predicted octanol–water partition coefficient (Wildman–Crippen LogP) is 2.82. The topological polar surface area (TPSA) is 39.7 Å². The van der Waals surface area contributed by atoms with Crippen LogP contribution in [-0.2, 0) is 4.79 Å². The Hall–Kier alpha value is -1.66. The number of carbonyl (C=O) groups excluding carboxylic acids is 1. The van der Waals surface area contributed by atoms with Crippen LogP contribution in [-0.4, -0.2) is 66.5 Å². The molecule has 0 unspecified atom stereocenters. The molecular formula is C19H26N4OS. The Bertz CT molecular complexity index is 684. The first-order valence-electron chi connectivity index (χ1n) is 9.40. The van der Waals surface area contributed by atoms with Gasteiger partial charge in [0.1, 0.15) is 0 Å². The summed E-state index contributed by atoms with van der Waals surface area (Å²) in [5.74, 6) is 0.341. The van der Waals surface area contributed by atoms with Crippen LogP contribution in [0.3, 0.4) is 0 Å². The van der Waals surface area contributed by atoms with E-state index in [0.29, 0.717) is 12.3 Å². The van der Waals surface area contributed by atoms with E-state index in [4.69, 9.17) is 4.98 Å². The summed E-state index contributed by atoms with van der Waals surface area (Å²) in [6, 6.07) is 8.33. The summed E-state index contributed by atoms with van der Waals surface area (Å²) < 4.78 is 1.26. The fourth-order valence-corrected chi connectivity index (χ4v) is 4.73. The highest BCUT2D eigenvalue weighted by Crippen LogP contribution is 2.29. The number of fused-ring (bicyclic) bond motifs is 1. The van der Waals surface area contributed by atoms with Crippen LogP contribution in [0.2, 0.25) is 0 Å². The van der Waals surface area contributed by atoms with Gasteiger partial charge in [-0.1, -0.05) is 23.5 Å². The average Bonchev–Trinajstić information content (AvgIpc) is 3.11. The predicted molar refractivity (Wildman–Crippen MR) is 103 cm³/mol. The third-order valence-corrected chi connectivity index (χ3v) is 6.37. The molecule has 0 saturated carbocycles. The monoisotopic (exact) mass is 358 g/mol. The van der Waals surface area contributed by atoms with Gasteiger partial charge < -0.3 is 9.80 Å². The lowest BCUT2D eigenvalue weighted by Crippen LogP contribution is -2.47. The van der Waals surface area contributed by atoms with E-state index in [0.717, 1.165) is 56.5 Å². The standard InChI is InChI=1S/C19H26N4OS/c24-18(22-9-4-1-5-10-22)8-11-21-12-14-23(15-13-21)19-20-16-6-2-3-7-17(16)25-19/h2-3,6-7H,1,4-5,8-15H2. The molecule has 4 rings (SSSR count). The molecule has 1 aromatic heterocycles. The number of amides is 1. The summed E-state index contributed by atoms with van der Waals surface area (Å²) in [7, 11) is 0. The summed E-state index contributed by atoms with van der Waals surface area (Å²) in [5, 5.41) is 1.13. The molecule has 2 aliphatic heterocycles. The van der Waals surface area contributed by atoms with Gasteiger partial charge in [-0.2, -0.15) is 0 Å². The summed E-state index contributed by atoms with van der Waals surface area (Å²) in [6.45, 7) is 6.85. The molecule has 6 heteroatoms. The van der Waals surface area contributed by atoms with Gasteiger partial charge in [0.15, 0.2) is 5.13 Å². The van der Waals surface area contributed by atoms with Crippen LogP contribution in [0.1, 0.15) is 25.7 Å². The van der Waals surface area contributed by atoms with Crippen LogP contribution >= 0.6 is 11.3 Å². The Morgan fingerprint density at radius 3 is 2.52 bits per heavy atom. The molecule has 2 saturated heterocycles. The number of rotatable bonds is 4. The largest absolute Gasteiger partial charge is 0.345 e. The van der Waals surface area contributed by atoms with Crippen LogP contribution in [0.15, 0.2) is 24.3 Å². The van der Waals surface area contributed by atoms with E-state index in [-0.39, 0.29) is 0 Å². The number of nitrogens with zero attached hydrogens (tertiary/aromatic N) is 4. The van der Waals surface area contributed by atoms with Gasteiger partial charge in [0.2, 0.25) is 5.91 Å². The van der Waals surface area contributed by atoms with Gasteiger partial charge in [-0.05, 0) is 31.4 Å². The zero-order chi connectivity index (χ0) is 17.1. The first-order valence-corrected chi connectivity index (χ1v) is 10.2. The quantitative estimate of drug-likeness (QED) is 0.843. The van der Waals surface area contributed by atoms with Crippen LogP contribution in [0.25, 0.3) is 10.2 Å². The Labute approximate surface area is 153 Å². The molecular weight excluding hydrogens is 332 g/mol. The highest BCUT2D eigenvalue weighted by molar-refractivity contribution is 7.22. The van der Waals surface area contributed by atoms with Crippen molar-refractivity contribution in [3.8, 4) is 0 Å². The van der Waals surface area contributed by atoms with Gasteiger partial charge in [-0.25, -0.2) is 4.98 Å². The number of likely N-dealkylation sites (tertiary alicyclic amines) is 1. The Balaban J connectivity index is 1.26. The number of anilines is 1. The Morgan fingerprint density at radius 1 is 1.00 bits per heavy atom. The highest BCUT2D eigenvalue weighted by Gasteiger charge is 2.22. The number of para-hydroxylation sites is 1. The number of piperazine rings is 1. The number of hydrogen-bond acceptors (Lipinski definition) is 5. The summed E-state index contributed by atoms with van der Waals surface area (Å²) >= 11 is 1.78. The third-order valence-electron chi connectivity index (χ3n) is 5.28. The average molecular weight is 359 g/mol. The molecule has 0 atom stereocenters. The molecule has 2 aromatic rings. The van der Waals surface area contributed by atoms with Crippen molar-refractivity contribution >= 4 is 32.6 Å². The second kappa shape index (κ2) is 7.70. The van der Waals surface area contributed by atoms with Gasteiger partial charge in [0.05, 0.1) is 10.2 Å². The van der Waals surface area contributed by atoms with Crippen LogP contribution < -0.4 is 4.90 Å². The first kappa shape index (κ1) is 16.8. The normalized spacial score (nSPS) is 19.5. The molecule has 5 nitrogen and oxygen atoms in total. The molecule has 3 heterocycles. The van der Waals surface area contributed by atoms with Gasteiger partial charge in [-0.3, -0.25) is 9.69 Å². The molecule has 134 valence electrons. The zero-order valence-electron chi connectivity index (χ0n) is 14.7. The highest BCUT2D eigenvalue weighted by atomic mass is 32.1. The maximum atomic E-state index is 12.3. The Morgan fingerprint density at radius 2 is 1.76 bits per heavy atom. The van der Waals surface area contributed by atoms with E-state index in [1.807, 2.05) is 6.07 Å². The summed E-state index contributed by atoms with van der Waals surface area (Å²) in [6.07, 6.45) is 4.29. The lowest BCUT2D eigenvalue weighted by Gasteiger charge is -2.35. The first-order chi connectivity index (χ1) is 12.3. The fourth-order valence-electron chi connectivity index (χ4n) is 3.71. The van der Waals surface area contributed by atoms with Crippen LogP contribution in [0.5, 0.6) is 0 Å². The molecule has 0 bridgehead atoms. The smallest absolute Gasteiger partial charge is 0.223 e. The second-order valence-electron chi connectivity index (χ2n) is 6.98. The lowest BCUT2D eigenvalue weighted by atomic mass is 10.1. The van der Waals surface area contributed by atoms with E-state index < -0.39 is 0 Å². The lowest BCUT2D eigenvalue weighted by molar-refractivity contribution is -0.132. The second-order valence-corrected chi connectivity index (χ2v) is 7.99. The number of aromatic nitrogens is 1. The number of piperidine rings is 1. The van der Waals surface area contributed by atoms with Crippen molar-refractivity contribution in [1.82, 2.24) is 14.8 Å². The van der Waals surface area contributed by atoms with Crippen molar-refractivity contribution in [2.45, 2.75) is 25.7 Å². The van der Waals surface area contributed by atoms with Gasteiger partial charge >= 0.3 is 0 Å². The van der Waals surface area contributed by atoms with E-state index in [9.17, 15) is 4.79 Å². The van der Waals surface area contributed by atoms with Crippen molar-refractivity contribution < 1.29 is 4.79 Å². The molecule has 0 spiro atoms. The van der Waals surface area contributed by atoms with Crippen molar-refractivity contribution in [3.05, 3.63) is 24.3 Å². The van der Waals surface area contributed by atoms with E-state index in [2.05, 4.69) is 32.9 Å². The minimum Gasteiger partial charge on any atom is -0.345 e. The number of hydrogen-bond donors (Lipinski definition) is 0. The molecule has 1 aromatic carbocycles. The number of thiazole rings is 1. The van der Waals surface area contributed by atoms with E-state index in [1.165, 1.54) is 24.0 Å². The van der Waals surface area contributed by atoms with E-state index in [1.54, 1.807) is 11.3 Å². The minimum atomic E-state index is 0.341. The van der Waals surface area contributed by atoms with Gasteiger partial charge in [0, 0.05) is 52.2 Å². The van der Waals surface area contributed by atoms with E-state index >= 15 is 0 Å². The third kappa shape index (κ3) is 3.96. The maximum absolute atomic E-state index is 12.3. The molecule has 0 aliphatic carbocycles. The van der Waals surface area contributed by atoms with Crippen molar-refractivity contribution in [2.24, 2.45) is 0 Å². The van der Waals surface area contributed by atoms with Gasteiger partial charge in [-0.15, -0.1) is 0 Å². The van der Waals surface area contributed by atoms with Crippen molar-refractivity contribution in [3.63, 3.8) is 0 Å². The maximum Gasteiger partial charge on any atom is 0.223 e. The summed E-state index contributed by atoms with van der Waals surface area (Å²) in [4.78, 5) is 23.9. The van der Waals surface area contributed by atoms with Gasteiger partial charge in [0.25, 0.3) is 0 Å². The summed E-state index contributed by atoms with van der Waals surface area (Å²) in [5.41, 5.74) is 1.09. The number of benzene rings is 1. The van der Waals surface area contributed by atoms with Crippen molar-refractivity contribution in [2.75, 3.05) is 50.7 Å². The van der Waals surface area contributed by atoms with Crippen molar-refractivity contribution in [1.29, 1.82) is 0 Å². The zero-order valence-corrected chi connectivity index (χ0v) is 15.5. The Kier molecular flexibility index (Phi) is 5.17. The molecule has 2 fully saturated rings. The fraction of sp³-hybridized carbons (Fsp3) is 0.579. The molecule has 25 heavy (non-hydrogen) atoms. The molecule has 0 N–H and O–H groups in total. The minimum absolute atomic E-state index is 0.341.